The van der Waals surface area contributed by atoms with Crippen LogP contribution in [0.25, 0.3) is 0 Å². The second-order valence-corrected chi connectivity index (χ2v) is 7.25. The highest BCUT2D eigenvalue weighted by molar-refractivity contribution is 6.30. The van der Waals surface area contributed by atoms with E-state index in [0.29, 0.717) is 17.7 Å². The van der Waals surface area contributed by atoms with Gasteiger partial charge in [-0.2, -0.15) is 0 Å². The zero-order chi connectivity index (χ0) is 18.9. The lowest BCUT2D eigenvalue weighted by atomic mass is 10.2. The standard InChI is InChI=1S/C19H32ClN5O/c1-5-21-19(22-14-17-15-23(2)10-11-24(17)3)25(4)12-13-26-18-8-6-16(20)7-9-18/h6-9,17H,5,10-15H2,1-4H3,(H,21,22). The maximum absolute atomic E-state index is 5.90. The van der Waals surface area contributed by atoms with E-state index in [2.05, 4.69) is 41.0 Å². The van der Waals surface area contributed by atoms with Gasteiger partial charge in [-0.25, -0.2) is 0 Å². The first-order chi connectivity index (χ1) is 12.5. The van der Waals surface area contributed by atoms with Crippen molar-refractivity contribution >= 4 is 17.6 Å². The molecular formula is C19H32ClN5O. The second-order valence-electron chi connectivity index (χ2n) is 6.82. The average Bonchev–Trinajstić information content (AvgIpc) is 2.62. The molecule has 0 radical (unpaired) electrons. The third-order valence-corrected chi connectivity index (χ3v) is 4.89. The number of halogens is 1. The van der Waals surface area contributed by atoms with Gasteiger partial charge in [-0.15, -0.1) is 0 Å². The first-order valence-corrected chi connectivity index (χ1v) is 9.64. The summed E-state index contributed by atoms with van der Waals surface area (Å²) in [6, 6.07) is 7.91. The van der Waals surface area contributed by atoms with Crippen molar-refractivity contribution < 1.29 is 4.74 Å². The fraction of sp³-hybridized carbons (Fsp3) is 0.632. The monoisotopic (exact) mass is 381 g/mol. The number of rotatable bonds is 7. The summed E-state index contributed by atoms with van der Waals surface area (Å²) in [7, 11) is 6.41. The Balaban J connectivity index is 1.84. The molecule has 146 valence electrons. The molecule has 1 fully saturated rings. The van der Waals surface area contributed by atoms with Crippen LogP contribution >= 0.6 is 11.6 Å². The Morgan fingerprint density at radius 2 is 2.04 bits per heavy atom. The van der Waals surface area contributed by atoms with Gasteiger partial charge in [-0.3, -0.25) is 9.89 Å². The number of likely N-dealkylation sites (N-methyl/N-ethyl adjacent to an activating group) is 3. The normalized spacial score (nSPS) is 19.4. The molecule has 1 aromatic carbocycles. The number of hydrogen-bond donors (Lipinski definition) is 1. The van der Waals surface area contributed by atoms with Crippen LogP contribution in [0.15, 0.2) is 29.3 Å². The van der Waals surface area contributed by atoms with E-state index in [1.807, 2.05) is 31.3 Å². The van der Waals surface area contributed by atoms with E-state index < -0.39 is 0 Å². The second kappa shape index (κ2) is 10.6. The number of nitrogens with zero attached hydrogens (tertiary/aromatic N) is 4. The van der Waals surface area contributed by atoms with Crippen LogP contribution in [0.3, 0.4) is 0 Å². The fourth-order valence-electron chi connectivity index (χ4n) is 2.90. The number of hydrogen-bond acceptors (Lipinski definition) is 4. The molecule has 7 heteroatoms. The molecule has 1 N–H and O–H groups in total. The van der Waals surface area contributed by atoms with Crippen molar-refractivity contribution in [2.75, 3.05) is 67.0 Å². The van der Waals surface area contributed by atoms with Crippen LogP contribution < -0.4 is 10.1 Å². The molecular weight excluding hydrogens is 350 g/mol. The van der Waals surface area contributed by atoms with Crippen molar-refractivity contribution in [3.05, 3.63) is 29.3 Å². The van der Waals surface area contributed by atoms with E-state index in [-0.39, 0.29) is 0 Å². The van der Waals surface area contributed by atoms with Crippen molar-refractivity contribution in [2.45, 2.75) is 13.0 Å². The van der Waals surface area contributed by atoms with Gasteiger partial charge in [0.2, 0.25) is 0 Å². The van der Waals surface area contributed by atoms with E-state index >= 15 is 0 Å². The number of piperazine rings is 1. The number of aliphatic imine (C=N–C) groups is 1. The molecule has 26 heavy (non-hydrogen) atoms. The Morgan fingerprint density at radius 1 is 1.31 bits per heavy atom. The minimum atomic E-state index is 0.459. The smallest absolute Gasteiger partial charge is 0.193 e. The lowest BCUT2D eigenvalue weighted by Gasteiger charge is -2.37. The molecule has 1 aliphatic heterocycles. The van der Waals surface area contributed by atoms with E-state index in [0.717, 1.165) is 51.0 Å². The molecule has 0 saturated carbocycles. The lowest BCUT2D eigenvalue weighted by Crippen LogP contribution is -2.51. The quantitative estimate of drug-likeness (QED) is 0.577. The summed E-state index contributed by atoms with van der Waals surface area (Å²) >= 11 is 5.90. The Morgan fingerprint density at radius 3 is 2.73 bits per heavy atom. The number of nitrogens with one attached hydrogen (secondary N) is 1. The summed E-state index contributed by atoms with van der Waals surface area (Å²) < 4.78 is 5.79. The van der Waals surface area contributed by atoms with Gasteiger partial charge >= 0.3 is 0 Å². The van der Waals surface area contributed by atoms with E-state index in [1.54, 1.807) is 0 Å². The summed E-state index contributed by atoms with van der Waals surface area (Å²) in [6.07, 6.45) is 0. The molecule has 0 spiro atoms. The molecule has 0 aliphatic carbocycles. The van der Waals surface area contributed by atoms with Crippen molar-refractivity contribution in [1.29, 1.82) is 0 Å². The first kappa shape index (κ1) is 20.8. The molecule has 1 atom stereocenters. The Hall–Kier alpha value is -1.50. The zero-order valence-corrected chi connectivity index (χ0v) is 17.2. The zero-order valence-electron chi connectivity index (χ0n) is 16.4. The fourth-order valence-corrected chi connectivity index (χ4v) is 3.02. The van der Waals surface area contributed by atoms with E-state index in [4.69, 9.17) is 21.3 Å². The van der Waals surface area contributed by atoms with Crippen LogP contribution in [0.1, 0.15) is 6.92 Å². The number of guanidine groups is 1. The van der Waals surface area contributed by atoms with Crippen LogP contribution in [0.4, 0.5) is 0 Å². The summed E-state index contributed by atoms with van der Waals surface area (Å²) in [5, 5.41) is 4.09. The van der Waals surface area contributed by atoms with Crippen molar-refractivity contribution in [3.8, 4) is 5.75 Å². The van der Waals surface area contributed by atoms with Gasteiger partial charge in [0, 0.05) is 44.3 Å². The molecule has 6 nitrogen and oxygen atoms in total. The Kier molecular flexibility index (Phi) is 8.48. The van der Waals surface area contributed by atoms with Crippen molar-refractivity contribution in [2.24, 2.45) is 4.99 Å². The highest BCUT2D eigenvalue weighted by Crippen LogP contribution is 2.15. The van der Waals surface area contributed by atoms with E-state index in [1.165, 1.54) is 0 Å². The van der Waals surface area contributed by atoms with Gasteiger partial charge in [0.25, 0.3) is 0 Å². The first-order valence-electron chi connectivity index (χ1n) is 9.26. The van der Waals surface area contributed by atoms with Gasteiger partial charge in [0.15, 0.2) is 5.96 Å². The highest BCUT2D eigenvalue weighted by atomic mass is 35.5. The van der Waals surface area contributed by atoms with Crippen molar-refractivity contribution in [1.82, 2.24) is 20.0 Å². The third-order valence-electron chi connectivity index (χ3n) is 4.64. The Bertz CT molecular complexity index is 566. The van der Waals surface area contributed by atoms with Gasteiger partial charge in [-0.1, -0.05) is 11.6 Å². The van der Waals surface area contributed by atoms with Crippen LogP contribution in [0.2, 0.25) is 5.02 Å². The predicted molar refractivity (Wildman–Crippen MR) is 109 cm³/mol. The minimum absolute atomic E-state index is 0.459. The minimum Gasteiger partial charge on any atom is -0.492 e. The summed E-state index contributed by atoms with van der Waals surface area (Å²) in [4.78, 5) is 11.7. The maximum Gasteiger partial charge on any atom is 0.193 e. The predicted octanol–water partition coefficient (Wildman–Crippen LogP) is 1.86. The maximum atomic E-state index is 5.90. The molecule has 2 rings (SSSR count). The number of ether oxygens (including phenoxy) is 1. The van der Waals surface area contributed by atoms with Crippen LogP contribution in [-0.2, 0) is 0 Å². The molecule has 1 unspecified atom stereocenters. The summed E-state index contributed by atoms with van der Waals surface area (Å²) in [5.74, 6) is 1.76. The molecule has 0 aromatic heterocycles. The van der Waals surface area contributed by atoms with Gasteiger partial charge in [0.1, 0.15) is 12.4 Å². The SMILES string of the molecule is CCNC(=NCC1CN(C)CCN1C)N(C)CCOc1ccc(Cl)cc1. The van der Waals surface area contributed by atoms with Crippen LogP contribution in [0.5, 0.6) is 5.75 Å². The van der Waals surface area contributed by atoms with Gasteiger partial charge < -0.3 is 19.9 Å². The van der Waals surface area contributed by atoms with Gasteiger partial charge in [-0.05, 0) is 45.3 Å². The average molecular weight is 382 g/mol. The van der Waals surface area contributed by atoms with Crippen molar-refractivity contribution in [3.63, 3.8) is 0 Å². The highest BCUT2D eigenvalue weighted by Gasteiger charge is 2.22. The Labute approximate surface area is 162 Å². The third kappa shape index (κ3) is 6.67. The summed E-state index contributed by atoms with van der Waals surface area (Å²) in [6.45, 7) is 8.37. The molecule has 0 amide bonds. The van der Waals surface area contributed by atoms with E-state index in [9.17, 15) is 0 Å². The topological polar surface area (TPSA) is 43.3 Å². The molecule has 1 aromatic rings. The largest absolute Gasteiger partial charge is 0.492 e. The molecule has 0 bridgehead atoms. The molecule has 1 saturated heterocycles. The molecule has 1 heterocycles. The number of benzene rings is 1. The lowest BCUT2D eigenvalue weighted by molar-refractivity contribution is 0.119. The summed E-state index contributed by atoms with van der Waals surface area (Å²) in [5.41, 5.74) is 0. The van der Waals surface area contributed by atoms with Crippen LogP contribution in [-0.4, -0.2) is 93.7 Å². The van der Waals surface area contributed by atoms with Crippen LogP contribution in [0, 0.1) is 0 Å². The van der Waals surface area contributed by atoms with Gasteiger partial charge in [0.05, 0.1) is 13.1 Å². The molecule has 1 aliphatic rings.